The molecule has 0 saturated carbocycles. The molecule has 0 aromatic rings. The standard InChI is InChI=1S/C16H14F17NO5S/c1-4-34(40(36,37)38,5-6-39-8(35)7(2)3)16(32,33)14(27,28)12(23,24)10(19,20)9(17,18)11(21,22)13(25,26)15(29,30)31/h2,4-6H2,1,3H3/p+1. The fraction of sp³-hybridized carbons (Fsp3) is 0.812. The van der Waals surface area contributed by atoms with E-state index in [1.165, 1.54) is 0 Å². The Morgan fingerprint density at radius 2 is 1.05 bits per heavy atom. The van der Waals surface area contributed by atoms with Gasteiger partial charge in [0, 0.05) is 5.57 Å². The molecular formula is C16H15F17NO5S+. The van der Waals surface area contributed by atoms with Crippen molar-refractivity contribution in [3.05, 3.63) is 12.2 Å². The largest absolute Gasteiger partial charge is 0.478 e. The Hall–Kier alpha value is -2.11. The minimum absolute atomic E-state index is 0.0290. The number of carbonyl (C=O) groups excluding carboxylic acids is 1. The molecule has 24 heteroatoms. The second kappa shape index (κ2) is 10.3. The molecule has 1 unspecified atom stereocenters. The van der Waals surface area contributed by atoms with Gasteiger partial charge in [-0.2, -0.15) is 65.9 Å². The molecule has 0 radical (unpaired) electrons. The molecule has 1 atom stereocenters. The van der Waals surface area contributed by atoms with Gasteiger partial charge in [-0.05, 0) is 13.8 Å². The summed E-state index contributed by atoms with van der Waals surface area (Å²) in [7, 11) is -7.04. The molecule has 0 aliphatic rings. The van der Waals surface area contributed by atoms with Crippen LogP contribution < -0.4 is 0 Å². The molecule has 1 N–H and O–H groups in total. The second-order valence-electron chi connectivity index (χ2n) is 7.78. The van der Waals surface area contributed by atoms with Crippen LogP contribution in [-0.4, -0.2) is 90.3 Å². The summed E-state index contributed by atoms with van der Waals surface area (Å²) in [5, 5.41) is 0. The van der Waals surface area contributed by atoms with Crippen LogP contribution >= 0.6 is 0 Å². The molecule has 0 spiro atoms. The highest BCUT2D eigenvalue weighted by molar-refractivity contribution is 7.80. The van der Waals surface area contributed by atoms with Crippen LogP contribution in [0.15, 0.2) is 12.2 Å². The molecule has 0 aliphatic carbocycles. The summed E-state index contributed by atoms with van der Waals surface area (Å²) in [4.78, 5) is 11.3. The monoisotopic (exact) mass is 656 g/mol. The van der Waals surface area contributed by atoms with Crippen molar-refractivity contribution < 1.29 is 101 Å². The zero-order valence-electron chi connectivity index (χ0n) is 19.2. The van der Waals surface area contributed by atoms with Crippen molar-refractivity contribution in [3.8, 4) is 0 Å². The topological polar surface area (TPSA) is 80.7 Å². The van der Waals surface area contributed by atoms with Gasteiger partial charge in [0.25, 0.3) is 0 Å². The summed E-state index contributed by atoms with van der Waals surface area (Å²) in [6.45, 7) is -2.90. The van der Waals surface area contributed by atoms with E-state index in [9.17, 15) is 87.8 Å². The highest BCUT2D eigenvalue weighted by atomic mass is 32.2. The molecule has 0 heterocycles. The number of likely N-dealkylation sites (N-methyl/N-ethyl adjacent to an activating group) is 1. The number of quaternary nitrogens is 1. The summed E-state index contributed by atoms with van der Waals surface area (Å²) in [5.74, 6) is -53.8. The third kappa shape index (κ3) is 5.06. The van der Waals surface area contributed by atoms with Gasteiger partial charge in [-0.3, -0.25) is 0 Å². The Bertz CT molecular complexity index is 1090. The van der Waals surface area contributed by atoms with E-state index in [1.54, 1.807) is 0 Å². The van der Waals surface area contributed by atoms with Gasteiger partial charge in [0.1, 0.15) is 13.2 Å². The van der Waals surface area contributed by atoms with E-state index in [0.717, 1.165) is 6.92 Å². The average Bonchev–Trinajstić information content (AvgIpc) is 2.73. The first-order valence-corrected chi connectivity index (χ1v) is 10.9. The van der Waals surface area contributed by atoms with Gasteiger partial charge >= 0.3 is 64.0 Å². The summed E-state index contributed by atoms with van der Waals surface area (Å²) >= 11 is 0. The van der Waals surface area contributed by atoms with Crippen molar-refractivity contribution in [1.82, 2.24) is 0 Å². The van der Waals surface area contributed by atoms with Gasteiger partial charge in [-0.15, -0.1) is 21.1 Å². The van der Waals surface area contributed by atoms with Crippen molar-refractivity contribution in [2.75, 3.05) is 19.7 Å². The van der Waals surface area contributed by atoms with E-state index in [0.29, 0.717) is 0 Å². The van der Waals surface area contributed by atoms with Crippen molar-refractivity contribution >= 4 is 16.3 Å². The lowest BCUT2D eigenvalue weighted by Gasteiger charge is -2.46. The van der Waals surface area contributed by atoms with E-state index in [4.69, 9.17) is 4.55 Å². The lowest BCUT2D eigenvalue weighted by atomic mass is 9.90. The van der Waals surface area contributed by atoms with Crippen LogP contribution in [0.3, 0.4) is 0 Å². The lowest BCUT2D eigenvalue weighted by molar-refractivity contribution is -0.922. The Kier molecular flexibility index (Phi) is 9.77. The van der Waals surface area contributed by atoms with Crippen LogP contribution in [-0.2, 0) is 19.8 Å². The quantitative estimate of drug-likeness (QED) is 0.0687. The molecule has 0 rings (SSSR count). The van der Waals surface area contributed by atoms with Gasteiger partial charge in [0.2, 0.25) is 0 Å². The van der Waals surface area contributed by atoms with E-state index in [2.05, 4.69) is 11.3 Å². The zero-order valence-corrected chi connectivity index (χ0v) is 20.0. The lowest BCUT2D eigenvalue weighted by Crippen LogP contribution is -2.79. The minimum atomic E-state index is -8.94. The number of halogens is 17. The molecule has 0 aromatic heterocycles. The average molecular weight is 656 g/mol. The highest BCUT2D eigenvalue weighted by Crippen LogP contribution is 2.64. The molecule has 238 valence electrons. The Morgan fingerprint density at radius 3 is 1.32 bits per heavy atom. The van der Waals surface area contributed by atoms with Crippen LogP contribution in [0, 0.1) is 0 Å². The molecule has 0 amide bonds. The molecule has 0 aliphatic heterocycles. The number of hydrogen-bond donors (Lipinski definition) is 1. The normalized spacial score (nSPS) is 16.9. The van der Waals surface area contributed by atoms with Crippen LogP contribution in [0.5, 0.6) is 0 Å². The number of rotatable bonds is 13. The number of esters is 1. The van der Waals surface area contributed by atoms with Crippen molar-refractivity contribution in [1.29, 1.82) is 0 Å². The van der Waals surface area contributed by atoms with Gasteiger partial charge in [-0.25, -0.2) is 9.35 Å². The maximum Gasteiger partial charge on any atom is 0.478 e. The molecule has 0 aromatic carbocycles. The predicted octanol–water partition coefficient (Wildman–Crippen LogP) is 5.71. The number of carbonyl (C=O) groups is 1. The first-order valence-electron chi connectivity index (χ1n) is 9.52. The number of ether oxygens (including phenoxy) is 1. The first kappa shape index (κ1) is 37.9. The minimum Gasteiger partial charge on any atom is -0.456 e. The molecule has 6 nitrogen and oxygen atoms in total. The van der Waals surface area contributed by atoms with E-state index < -0.39 is 93.2 Å². The SMILES string of the molecule is C=C(C)C(=O)OCC[N+](CC)(C(F)(F)C(F)(F)C(F)(F)C(F)(F)C(F)(F)C(F)(F)C(F)(F)C(F)(F)F)S(=O)(=O)O. The summed E-state index contributed by atoms with van der Waals surface area (Å²) in [5.41, 5.74) is -0.608. The number of hydrogen-bond acceptors (Lipinski definition) is 4. The maximum absolute atomic E-state index is 14.8. The van der Waals surface area contributed by atoms with Crippen LogP contribution in [0.4, 0.5) is 74.6 Å². The fourth-order valence-corrected chi connectivity index (χ4v) is 3.78. The first-order chi connectivity index (χ1) is 17.1. The summed E-state index contributed by atoms with van der Waals surface area (Å²) in [6, 6.07) is -7.55. The number of alkyl halides is 17. The van der Waals surface area contributed by atoms with E-state index in [-0.39, 0.29) is 6.92 Å². The van der Waals surface area contributed by atoms with Crippen molar-refractivity contribution in [3.63, 3.8) is 0 Å². The third-order valence-electron chi connectivity index (χ3n) is 5.20. The van der Waals surface area contributed by atoms with Crippen LogP contribution in [0.2, 0.25) is 0 Å². The summed E-state index contributed by atoms with van der Waals surface area (Å²) < 4.78 is 262. The van der Waals surface area contributed by atoms with Crippen LogP contribution in [0.25, 0.3) is 0 Å². The summed E-state index contributed by atoms with van der Waals surface area (Å²) in [6.07, 6.45) is -7.93. The van der Waals surface area contributed by atoms with E-state index in [1.807, 2.05) is 0 Å². The van der Waals surface area contributed by atoms with Crippen molar-refractivity contribution in [2.45, 2.75) is 61.6 Å². The highest BCUT2D eigenvalue weighted by Gasteiger charge is 2.97. The third-order valence-corrected chi connectivity index (χ3v) is 6.76. The molecule has 0 saturated heterocycles. The molecular weight excluding hydrogens is 641 g/mol. The zero-order chi connectivity index (χ0) is 33.0. The Labute approximate surface area is 211 Å². The van der Waals surface area contributed by atoms with Gasteiger partial charge < -0.3 is 4.74 Å². The van der Waals surface area contributed by atoms with Gasteiger partial charge in [0.05, 0.1) is 6.54 Å². The Morgan fingerprint density at radius 1 is 0.725 bits per heavy atom. The number of nitrogens with zero attached hydrogens (tertiary/aromatic N) is 1. The smallest absolute Gasteiger partial charge is 0.456 e. The van der Waals surface area contributed by atoms with Gasteiger partial charge in [0.15, 0.2) is 0 Å². The predicted molar refractivity (Wildman–Crippen MR) is 93.7 cm³/mol. The fourth-order valence-electron chi connectivity index (χ4n) is 2.74. The van der Waals surface area contributed by atoms with Crippen LogP contribution in [0.1, 0.15) is 13.8 Å². The maximum atomic E-state index is 14.8. The van der Waals surface area contributed by atoms with Crippen molar-refractivity contribution in [2.24, 2.45) is 0 Å². The second-order valence-corrected chi connectivity index (χ2v) is 9.37. The molecule has 0 fully saturated rings. The Balaban J connectivity index is 7.25. The molecule has 40 heavy (non-hydrogen) atoms. The van der Waals surface area contributed by atoms with E-state index >= 15 is 0 Å². The molecule has 0 bridgehead atoms. The van der Waals surface area contributed by atoms with Gasteiger partial charge in [-0.1, -0.05) is 6.58 Å².